The molecule has 0 aromatic heterocycles. The van der Waals surface area contributed by atoms with Gasteiger partial charge in [0.05, 0.1) is 35.6 Å². The number of methoxy groups -OCH3 is 1. The fourth-order valence-electron chi connectivity index (χ4n) is 9.75. The van der Waals surface area contributed by atoms with Gasteiger partial charge in [-0.15, -0.1) is 0 Å². The molecule has 2 bridgehead atoms. The van der Waals surface area contributed by atoms with Crippen LogP contribution in [0.1, 0.15) is 90.2 Å². The van der Waals surface area contributed by atoms with Gasteiger partial charge >= 0.3 is 24.0 Å². The quantitative estimate of drug-likeness (QED) is 0.161. The Balaban J connectivity index is 1.51. The third kappa shape index (κ3) is 7.45. The largest absolute Gasteiger partial charge is 0.456 e. The summed E-state index contributed by atoms with van der Waals surface area (Å²) in [5.41, 5.74) is -7.29. The molecule has 3 fully saturated rings. The predicted octanol–water partition coefficient (Wildman–Crippen LogP) is 3.91. The average molecular weight is 822 g/mol. The van der Waals surface area contributed by atoms with Crippen LogP contribution < -0.4 is 5.32 Å². The Bertz CT molecular complexity index is 1990. The number of carbonyl (C=O) groups is 5. The van der Waals surface area contributed by atoms with Crippen LogP contribution in [0.25, 0.3) is 0 Å². The van der Waals surface area contributed by atoms with Crippen molar-refractivity contribution in [1.82, 2.24) is 5.32 Å². The summed E-state index contributed by atoms with van der Waals surface area (Å²) in [7, 11) is 1.29. The van der Waals surface area contributed by atoms with Gasteiger partial charge in [0.1, 0.15) is 35.6 Å². The molecule has 11 atom stereocenters. The minimum absolute atomic E-state index is 0.108. The highest BCUT2D eigenvalue weighted by atomic mass is 16.6. The fraction of sp³-hybridized carbons (Fsp3) is 0.568. The number of benzene rings is 2. The number of carbonyl (C=O) groups excluding carboxylic acids is 5. The average Bonchev–Trinajstić information content (AvgIpc) is 3.16. The number of Topliss-reactive ketones (excluding diaryl/α,β-unsaturated/α-hetero) is 1. The van der Waals surface area contributed by atoms with Crippen LogP contribution in [-0.2, 0) is 42.8 Å². The summed E-state index contributed by atoms with van der Waals surface area (Å²) in [6.07, 6.45) is -10.5. The predicted molar refractivity (Wildman–Crippen MR) is 208 cm³/mol. The number of ketones is 1. The molecule has 2 aromatic rings. The van der Waals surface area contributed by atoms with Crippen molar-refractivity contribution in [1.29, 1.82) is 0 Å². The summed E-state index contributed by atoms with van der Waals surface area (Å²) in [6, 6.07) is 14.9. The number of aliphatic hydroxyl groups is 3. The number of hydrogen-bond acceptors (Lipinski definition) is 14. The van der Waals surface area contributed by atoms with Crippen LogP contribution in [0.4, 0.5) is 4.79 Å². The van der Waals surface area contributed by atoms with E-state index in [0.717, 1.165) is 0 Å². The molecule has 0 radical (unpaired) electrons. The van der Waals surface area contributed by atoms with Crippen LogP contribution in [-0.4, -0.2) is 112 Å². The third-order valence-electron chi connectivity index (χ3n) is 12.8. The number of nitrogens with one attached hydrogen (secondary N) is 1. The van der Waals surface area contributed by atoms with E-state index in [0.29, 0.717) is 11.1 Å². The van der Waals surface area contributed by atoms with Crippen molar-refractivity contribution < 1.29 is 67.7 Å². The molecule has 4 aliphatic rings. The third-order valence-corrected chi connectivity index (χ3v) is 12.8. The van der Waals surface area contributed by atoms with Crippen LogP contribution in [0.15, 0.2) is 71.8 Å². The molecule has 1 heterocycles. The molecular weight excluding hydrogens is 766 g/mol. The minimum atomic E-state index is -2.27. The summed E-state index contributed by atoms with van der Waals surface area (Å²) >= 11 is 0. The Labute approximate surface area is 343 Å². The normalized spacial score (nSPS) is 33.3. The van der Waals surface area contributed by atoms with E-state index in [1.54, 1.807) is 90.1 Å². The Morgan fingerprint density at radius 2 is 1.58 bits per heavy atom. The maximum atomic E-state index is 15.3. The van der Waals surface area contributed by atoms with Crippen molar-refractivity contribution in [3.05, 3.63) is 82.9 Å². The minimum Gasteiger partial charge on any atom is -0.456 e. The van der Waals surface area contributed by atoms with Crippen LogP contribution in [0.3, 0.4) is 0 Å². The first-order valence-electron chi connectivity index (χ1n) is 19.7. The van der Waals surface area contributed by atoms with Gasteiger partial charge in [-0.25, -0.2) is 14.4 Å². The number of fused-ring (bicyclic) bond motifs is 5. The lowest BCUT2D eigenvalue weighted by Gasteiger charge is -2.67. The zero-order chi connectivity index (χ0) is 43.5. The van der Waals surface area contributed by atoms with Gasteiger partial charge in [-0.2, -0.15) is 0 Å². The number of esters is 3. The van der Waals surface area contributed by atoms with Crippen LogP contribution in [0.5, 0.6) is 0 Å². The molecule has 0 spiro atoms. The smallest absolute Gasteiger partial charge is 0.408 e. The van der Waals surface area contributed by atoms with E-state index in [1.165, 1.54) is 33.1 Å². The van der Waals surface area contributed by atoms with E-state index < -0.39 is 112 Å². The highest BCUT2D eigenvalue weighted by molar-refractivity contribution is 5.94. The standard InChI is InChI=1S/C44H55NO14/c1-23-27(56-38(51)32(48)31(25-16-12-10-13-17-25)45-39(52)59-40(3,4)5)21-44(53)36(57-37(50)26-18-14-11-15-19-26)34-42(8,35(49)33(54-9)30(23)41(44,6)7)28(47)20-29-43(34,22-55-29)58-24(2)46/h10-19,27-29,31-34,36,47-48,53H,20-22H2,1-9H3,(H,45,52)/t27-,28-,29+,31-,32+,33+,34?,36-,42+,43-,44+/m0/s1. The Morgan fingerprint density at radius 1 is 0.966 bits per heavy atom. The van der Waals surface area contributed by atoms with E-state index in [4.69, 9.17) is 28.4 Å². The zero-order valence-corrected chi connectivity index (χ0v) is 34.8. The lowest BCUT2D eigenvalue weighted by molar-refractivity contribution is -0.346. The number of aliphatic hydroxyl groups excluding tert-OH is 2. The van der Waals surface area contributed by atoms with Gasteiger partial charge < -0.3 is 49.1 Å². The monoisotopic (exact) mass is 821 g/mol. The van der Waals surface area contributed by atoms with Gasteiger partial charge in [-0.3, -0.25) is 9.59 Å². The molecule has 6 rings (SSSR count). The summed E-state index contributed by atoms with van der Waals surface area (Å²) in [5.74, 6) is -4.91. The number of ether oxygens (including phenoxy) is 6. The second-order valence-electron chi connectivity index (χ2n) is 17.8. The second-order valence-corrected chi connectivity index (χ2v) is 17.8. The van der Waals surface area contributed by atoms with Crippen molar-refractivity contribution in [2.45, 2.75) is 128 Å². The summed E-state index contributed by atoms with van der Waals surface area (Å²) in [5, 5.41) is 39.8. The summed E-state index contributed by atoms with van der Waals surface area (Å²) < 4.78 is 35.8. The molecule has 4 N–H and O–H groups in total. The van der Waals surface area contributed by atoms with Crippen molar-refractivity contribution in [3.63, 3.8) is 0 Å². The molecule has 320 valence electrons. The molecule has 1 unspecified atom stereocenters. The molecule has 1 amide bonds. The van der Waals surface area contributed by atoms with Gasteiger partial charge in [-0.05, 0) is 63.5 Å². The first-order chi connectivity index (χ1) is 27.5. The Morgan fingerprint density at radius 3 is 2.12 bits per heavy atom. The van der Waals surface area contributed by atoms with Crippen LogP contribution in [0.2, 0.25) is 0 Å². The second kappa shape index (κ2) is 15.7. The lowest BCUT2D eigenvalue weighted by atomic mass is 9.44. The van der Waals surface area contributed by atoms with Crippen LogP contribution >= 0.6 is 0 Å². The lowest BCUT2D eigenvalue weighted by Crippen LogP contribution is -2.81. The van der Waals surface area contributed by atoms with Crippen molar-refractivity contribution in [2.75, 3.05) is 13.7 Å². The highest BCUT2D eigenvalue weighted by Crippen LogP contribution is 2.64. The number of amides is 1. The number of alkyl carbamates (subject to hydrolysis) is 1. The van der Waals surface area contributed by atoms with Crippen molar-refractivity contribution in [2.24, 2.45) is 16.7 Å². The van der Waals surface area contributed by atoms with E-state index >= 15 is 4.79 Å². The Kier molecular flexibility index (Phi) is 11.7. The van der Waals surface area contributed by atoms with E-state index in [9.17, 15) is 34.5 Å². The zero-order valence-electron chi connectivity index (χ0n) is 34.8. The number of rotatable bonds is 9. The molecule has 2 aromatic carbocycles. The van der Waals surface area contributed by atoms with E-state index in [-0.39, 0.29) is 24.2 Å². The fourth-order valence-corrected chi connectivity index (χ4v) is 9.75. The molecule has 59 heavy (non-hydrogen) atoms. The first kappa shape index (κ1) is 43.9. The highest BCUT2D eigenvalue weighted by Gasteiger charge is 2.78. The van der Waals surface area contributed by atoms with Gasteiger partial charge in [0, 0.05) is 32.3 Å². The molecule has 1 aliphatic heterocycles. The molecule has 2 saturated carbocycles. The van der Waals surface area contributed by atoms with Gasteiger partial charge in [0.15, 0.2) is 17.5 Å². The SMILES string of the molecule is CO[C@H]1C(=O)[C@@]2(C)C([C@H](OC(=O)c3ccccc3)[C@]3(O)C[C@H](OC(=O)[C@H](O)[C@@H](NC(=O)OC(C)(C)C)c4ccccc4)C(C)=C1C3(C)C)[C@]1(OC(C)=O)CO[C@@H]1C[C@@H]2O. The molecule has 1 saturated heterocycles. The molecule has 3 aliphatic carbocycles. The molecule has 15 nitrogen and oxygen atoms in total. The van der Waals surface area contributed by atoms with Gasteiger partial charge in [-0.1, -0.05) is 62.4 Å². The van der Waals surface area contributed by atoms with Crippen molar-refractivity contribution in [3.8, 4) is 0 Å². The van der Waals surface area contributed by atoms with E-state index in [1.807, 2.05) is 0 Å². The van der Waals surface area contributed by atoms with Crippen LogP contribution in [0, 0.1) is 16.7 Å². The summed E-state index contributed by atoms with van der Waals surface area (Å²) in [6.45, 7) is 12.3. The first-order valence-corrected chi connectivity index (χ1v) is 19.7. The van der Waals surface area contributed by atoms with Crippen molar-refractivity contribution >= 4 is 29.8 Å². The van der Waals surface area contributed by atoms with E-state index in [2.05, 4.69) is 5.32 Å². The maximum Gasteiger partial charge on any atom is 0.408 e. The maximum absolute atomic E-state index is 15.3. The molecule has 15 heteroatoms. The van der Waals surface area contributed by atoms with Gasteiger partial charge in [0.2, 0.25) is 0 Å². The molecular formula is C44H55NO14. The topological polar surface area (TPSA) is 213 Å². The van der Waals surface area contributed by atoms with Gasteiger partial charge in [0.25, 0.3) is 0 Å². The Hall–Kier alpha value is -4.67. The number of hydrogen-bond donors (Lipinski definition) is 4. The summed E-state index contributed by atoms with van der Waals surface area (Å²) in [4.78, 5) is 69.6.